The number of hydrogen-bond donors (Lipinski definition) is 0. The molecular weight excluding hydrogens is 198 g/mol. The van der Waals surface area contributed by atoms with E-state index in [9.17, 15) is 4.79 Å². The van der Waals surface area contributed by atoms with Gasteiger partial charge < -0.3 is 4.90 Å². The first kappa shape index (κ1) is 10.9. The number of benzene rings is 1. The molecule has 0 saturated carbocycles. The first-order valence-corrected chi connectivity index (χ1v) is 5.65. The number of nitrogens with zero attached hydrogens (tertiary/aromatic N) is 1. The van der Waals surface area contributed by atoms with Gasteiger partial charge in [-0.3, -0.25) is 4.79 Å². The summed E-state index contributed by atoms with van der Waals surface area (Å²) >= 11 is 0. The van der Waals surface area contributed by atoms with Crippen molar-refractivity contribution in [2.45, 2.75) is 26.2 Å². The SMILES string of the molecule is C=C1CCCc2cc(N(C)C(C)=O)ccc21. The van der Waals surface area contributed by atoms with Crippen molar-refractivity contribution in [3.63, 3.8) is 0 Å². The monoisotopic (exact) mass is 215 g/mol. The Bertz CT molecular complexity index is 448. The zero-order chi connectivity index (χ0) is 11.7. The molecule has 2 nitrogen and oxygen atoms in total. The van der Waals surface area contributed by atoms with Crippen molar-refractivity contribution in [3.8, 4) is 0 Å². The van der Waals surface area contributed by atoms with Gasteiger partial charge in [0, 0.05) is 19.7 Å². The van der Waals surface area contributed by atoms with Crippen LogP contribution in [-0.2, 0) is 11.2 Å². The smallest absolute Gasteiger partial charge is 0.223 e. The third-order valence-electron chi connectivity index (χ3n) is 3.25. The van der Waals surface area contributed by atoms with E-state index >= 15 is 0 Å². The van der Waals surface area contributed by atoms with Crippen molar-refractivity contribution in [2.24, 2.45) is 0 Å². The third-order valence-corrected chi connectivity index (χ3v) is 3.25. The van der Waals surface area contributed by atoms with Gasteiger partial charge in [-0.25, -0.2) is 0 Å². The first-order valence-electron chi connectivity index (χ1n) is 5.65. The summed E-state index contributed by atoms with van der Waals surface area (Å²) in [5.41, 5.74) is 4.79. The van der Waals surface area contributed by atoms with E-state index in [1.807, 2.05) is 13.1 Å². The van der Waals surface area contributed by atoms with Crippen molar-refractivity contribution >= 4 is 17.2 Å². The van der Waals surface area contributed by atoms with Gasteiger partial charge in [0.15, 0.2) is 0 Å². The minimum atomic E-state index is 0.0644. The van der Waals surface area contributed by atoms with Crippen LogP contribution in [0.5, 0.6) is 0 Å². The van der Waals surface area contributed by atoms with Crippen LogP contribution >= 0.6 is 0 Å². The largest absolute Gasteiger partial charge is 0.316 e. The van der Waals surface area contributed by atoms with Gasteiger partial charge >= 0.3 is 0 Å². The Morgan fingerprint density at radius 2 is 2.12 bits per heavy atom. The number of carbonyl (C=O) groups is 1. The minimum absolute atomic E-state index is 0.0644. The van der Waals surface area contributed by atoms with Crippen LogP contribution in [-0.4, -0.2) is 13.0 Å². The molecule has 0 aliphatic heterocycles. The van der Waals surface area contributed by atoms with Gasteiger partial charge in [-0.1, -0.05) is 12.6 Å². The van der Waals surface area contributed by atoms with Gasteiger partial charge in [0.25, 0.3) is 0 Å². The normalized spacial score (nSPS) is 14.5. The molecule has 1 aliphatic rings. The maximum atomic E-state index is 11.3. The van der Waals surface area contributed by atoms with Crippen molar-refractivity contribution in [1.82, 2.24) is 0 Å². The van der Waals surface area contributed by atoms with Crippen LogP contribution in [0.25, 0.3) is 5.57 Å². The molecular formula is C14H17NO. The lowest BCUT2D eigenvalue weighted by molar-refractivity contribution is -0.116. The summed E-state index contributed by atoms with van der Waals surface area (Å²) in [5, 5.41) is 0. The van der Waals surface area contributed by atoms with Gasteiger partial charge in [-0.05, 0) is 48.1 Å². The molecule has 1 aromatic carbocycles. The Hall–Kier alpha value is -1.57. The molecule has 1 amide bonds. The molecule has 2 heteroatoms. The van der Waals surface area contributed by atoms with E-state index < -0.39 is 0 Å². The van der Waals surface area contributed by atoms with E-state index in [-0.39, 0.29) is 5.91 Å². The summed E-state index contributed by atoms with van der Waals surface area (Å²) in [6.45, 7) is 5.67. The number of aryl methyl sites for hydroxylation is 1. The van der Waals surface area contributed by atoms with Crippen LogP contribution in [0.3, 0.4) is 0 Å². The van der Waals surface area contributed by atoms with Crippen LogP contribution in [0.4, 0.5) is 5.69 Å². The number of hydrogen-bond acceptors (Lipinski definition) is 1. The maximum absolute atomic E-state index is 11.3. The average molecular weight is 215 g/mol. The second-order valence-corrected chi connectivity index (χ2v) is 4.38. The number of amides is 1. The van der Waals surface area contributed by atoms with E-state index in [2.05, 4.69) is 18.7 Å². The number of anilines is 1. The lowest BCUT2D eigenvalue weighted by Gasteiger charge is -2.22. The molecule has 2 rings (SSSR count). The summed E-state index contributed by atoms with van der Waals surface area (Å²) in [6, 6.07) is 6.20. The zero-order valence-corrected chi connectivity index (χ0v) is 9.92. The number of rotatable bonds is 1. The molecule has 84 valence electrons. The lowest BCUT2D eigenvalue weighted by atomic mass is 9.88. The van der Waals surface area contributed by atoms with Crippen molar-refractivity contribution < 1.29 is 4.79 Å². The number of carbonyl (C=O) groups excluding carboxylic acids is 1. The standard InChI is InChI=1S/C14H17NO/c1-10-5-4-6-12-9-13(7-8-14(10)12)15(3)11(2)16/h7-9H,1,4-6H2,2-3H3. The first-order chi connectivity index (χ1) is 7.59. The van der Waals surface area contributed by atoms with E-state index in [0.717, 1.165) is 18.5 Å². The van der Waals surface area contributed by atoms with Crippen LogP contribution in [0.2, 0.25) is 0 Å². The predicted molar refractivity (Wildman–Crippen MR) is 67.5 cm³/mol. The Balaban J connectivity index is 2.39. The molecule has 16 heavy (non-hydrogen) atoms. The fourth-order valence-electron chi connectivity index (χ4n) is 2.15. The second-order valence-electron chi connectivity index (χ2n) is 4.38. The second kappa shape index (κ2) is 4.12. The highest BCUT2D eigenvalue weighted by molar-refractivity contribution is 5.91. The lowest BCUT2D eigenvalue weighted by Crippen LogP contribution is -2.23. The molecule has 0 heterocycles. The van der Waals surface area contributed by atoms with Crippen LogP contribution in [0, 0.1) is 0 Å². The molecule has 1 aromatic rings. The summed E-state index contributed by atoms with van der Waals surface area (Å²) < 4.78 is 0. The maximum Gasteiger partial charge on any atom is 0.223 e. The van der Waals surface area contributed by atoms with Crippen LogP contribution in [0.15, 0.2) is 24.8 Å². The summed E-state index contributed by atoms with van der Waals surface area (Å²) in [4.78, 5) is 13.0. The molecule has 1 aliphatic carbocycles. The number of fused-ring (bicyclic) bond motifs is 1. The van der Waals surface area contributed by atoms with Gasteiger partial charge in [0.2, 0.25) is 5.91 Å². The molecule has 0 radical (unpaired) electrons. The van der Waals surface area contributed by atoms with E-state index in [0.29, 0.717) is 0 Å². The summed E-state index contributed by atoms with van der Waals surface area (Å²) in [7, 11) is 1.81. The Labute approximate surface area is 96.6 Å². The topological polar surface area (TPSA) is 20.3 Å². The fourth-order valence-corrected chi connectivity index (χ4v) is 2.15. The van der Waals surface area contributed by atoms with Gasteiger partial charge in [-0.2, -0.15) is 0 Å². The Morgan fingerprint density at radius 1 is 1.38 bits per heavy atom. The Morgan fingerprint density at radius 3 is 2.81 bits per heavy atom. The van der Waals surface area contributed by atoms with E-state index in [1.165, 1.54) is 23.1 Å². The van der Waals surface area contributed by atoms with Crippen molar-refractivity contribution in [2.75, 3.05) is 11.9 Å². The van der Waals surface area contributed by atoms with Crippen molar-refractivity contribution in [3.05, 3.63) is 35.9 Å². The highest BCUT2D eigenvalue weighted by atomic mass is 16.2. The zero-order valence-electron chi connectivity index (χ0n) is 9.92. The molecule has 0 bridgehead atoms. The molecule has 0 N–H and O–H groups in total. The highest BCUT2D eigenvalue weighted by Crippen LogP contribution is 2.31. The van der Waals surface area contributed by atoms with Gasteiger partial charge in [0.05, 0.1) is 0 Å². The van der Waals surface area contributed by atoms with Crippen molar-refractivity contribution in [1.29, 1.82) is 0 Å². The average Bonchev–Trinajstić information content (AvgIpc) is 2.28. The molecule has 0 saturated heterocycles. The quantitative estimate of drug-likeness (QED) is 0.705. The number of allylic oxidation sites excluding steroid dienone is 1. The van der Waals surface area contributed by atoms with E-state index in [4.69, 9.17) is 0 Å². The van der Waals surface area contributed by atoms with Crippen LogP contribution < -0.4 is 4.90 Å². The van der Waals surface area contributed by atoms with Crippen LogP contribution in [0.1, 0.15) is 30.9 Å². The fraction of sp³-hybridized carbons (Fsp3) is 0.357. The summed E-state index contributed by atoms with van der Waals surface area (Å²) in [6.07, 6.45) is 3.35. The van der Waals surface area contributed by atoms with Gasteiger partial charge in [0.1, 0.15) is 0 Å². The van der Waals surface area contributed by atoms with Gasteiger partial charge in [-0.15, -0.1) is 0 Å². The molecule has 0 aromatic heterocycles. The minimum Gasteiger partial charge on any atom is -0.316 e. The summed E-state index contributed by atoms with van der Waals surface area (Å²) in [5.74, 6) is 0.0644. The highest BCUT2D eigenvalue weighted by Gasteiger charge is 2.14. The molecule has 0 unspecified atom stereocenters. The third kappa shape index (κ3) is 1.87. The predicted octanol–water partition coefficient (Wildman–Crippen LogP) is 3.02. The Kier molecular flexibility index (Phi) is 2.82. The van der Waals surface area contributed by atoms with E-state index in [1.54, 1.807) is 11.8 Å². The molecule has 0 atom stereocenters. The molecule has 0 fully saturated rings. The molecule has 0 spiro atoms.